The van der Waals surface area contributed by atoms with Gasteiger partial charge in [0.1, 0.15) is 0 Å². The van der Waals surface area contributed by atoms with Crippen molar-refractivity contribution in [2.24, 2.45) is 5.92 Å². The highest BCUT2D eigenvalue weighted by Crippen LogP contribution is 2.23. The Bertz CT molecular complexity index is 390. The molecule has 0 aliphatic heterocycles. The minimum Gasteiger partial charge on any atom is -0.289 e. The number of halogens is 2. The van der Waals surface area contributed by atoms with Gasteiger partial charge in [-0.05, 0) is 36.6 Å². The first kappa shape index (κ1) is 15.3. The fourth-order valence-electron chi connectivity index (χ4n) is 1.88. The van der Waals surface area contributed by atoms with Gasteiger partial charge < -0.3 is 0 Å². The van der Waals surface area contributed by atoms with Gasteiger partial charge >= 0.3 is 0 Å². The van der Waals surface area contributed by atoms with E-state index in [4.69, 9.17) is 28.4 Å². The van der Waals surface area contributed by atoms with E-state index in [1.165, 1.54) is 0 Å². The molecule has 0 radical (unpaired) electrons. The molecule has 0 aliphatic carbocycles. The van der Waals surface area contributed by atoms with E-state index in [2.05, 4.69) is 6.92 Å². The Kier molecular flexibility index (Phi) is 6.47. The quantitative estimate of drug-likeness (QED) is 0.617. The van der Waals surface area contributed by atoms with Crippen LogP contribution in [-0.2, 0) is 11.2 Å². The number of amides is 1. The van der Waals surface area contributed by atoms with Crippen LogP contribution in [0.4, 0.5) is 0 Å². The number of unbranched alkanes of at least 4 members (excludes halogenated alkanes) is 1. The van der Waals surface area contributed by atoms with Gasteiger partial charge in [0, 0.05) is 16.0 Å². The molecule has 0 spiro atoms. The van der Waals surface area contributed by atoms with Crippen molar-refractivity contribution in [2.45, 2.75) is 32.6 Å². The molecule has 0 saturated carbocycles. The molecule has 1 unspecified atom stereocenters. The van der Waals surface area contributed by atoms with Crippen molar-refractivity contribution in [2.75, 3.05) is 0 Å². The van der Waals surface area contributed by atoms with Gasteiger partial charge in [0.2, 0.25) is 5.91 Å². The summed E-state index contributed by atoms with van der Waals surface area (Å²) in [5.41, 5.74) is 2.62. The Hall–Kier alpha value is -0.770. The van der Waals surface area contributed by atoms with Gasteiger partial charge in [0.15, 0.2) is 0 Å². The first-order valence-corrected chi connectivity index (χ1v) is 6.71. The lowest BCUT2D eigenvalue weighted by atomic mass is 9.93. The fourth-order valence-corrected chi connectivity index (χ4v) is 2.45. The fraction of sp³-hybridized carbons (Fsp3) is 0.462. The van der Waals surface area contributed by atoms with Gasteiger partial charge in [0.25, 0.3) is 0 Å². The molecule has 0 bridgehead atoms. The third-order valence-corrected chi connectivity index (χ3v) is 3.23. The van der Waals surface area contributed by atoms with Gasteiger partial charge in [-0.15, -0.1) is 0 Å². The number of hydroxylamine groups is 1. The van der Waals surface area contributed by atoms with Crippen molar-refractivity contribution >= 4 is 29.1 Å². The van der Waals surface area contributed by atoms with E-state index in [0.717, 1.165) is 24.8 Å². The molecule has 1 rings (SSSR count). The summed E-state index contributed by atoms with van der Waals surface area (Å²) in [6.07, 6.45) is 3.19. The summed E-state index contributed by atoms with van der Waals surface area (Å²) in [7, 11) is 0. The number of hydrogen-bond acceptors (Lipinski definition) is 2. The summed E-state index contributed by atoms with van der Waals surface area (Å²) in [5, 5.41) is 9.84. The van der Waals surface area contributed by atoms with Gasteiger partial charge in [-0.2, -0.15) is 0 Å². The van der Waals surface area contributed by atoms with E-state index in [0.29, 0.717) is 16.5 Å². The monoisotopic (exact) mass is 289 g/mol. The molecule has 5 heteroatoms. The molecule has 0 fully saturated rings. The largest absolute Gasteiger partial charge is 0.289 e. The molecule has 18 heavy (non-hydrogen) atoms. The molecule has 3 nitrogen and oxygen atoms in total. The summed E-state index contributed by atoms with van der Waals surface area (Å²) < 4.78 is 0. The molecule has 1 aromatic rings. The van der Waals surface area contributed by atoms with Crippen molar-refractivity contribution in [1.29, 1.82) is 0 Å². The van der Waals surface area contributed by atoms with Gasteiger partial charge in [-0.1, -0.05) is 43.0 Å². The average Bonchev–Trinajstić information content (AvgIpc) is 2.32. The van der Waals surface area contributed by atoms with Crippen LogP contribution in [0.25, 0.3) is 0 Å². The zero-order chi connectivity index (χ0) is 13.5. The number of hydrogen-bond donors (Lipinski definition) is 2. The molecule has 0 saturated heterocycles. The summed E-state index contributed by atoms with van der Waals surface area (Å²) in [4.78, 5) is 11.6. The predicted octanol–water partition coefficient (Wildman–Crippen LogP) is 3.85. The second-order valence-corrected chi connectivity index (χ2v) is 5.17. The number of benzene rings is 1. The van der Waals surface area contributed by atoms with Crippen LogP contribution in [0.15, 0.2) is 18.2 Å². The minimum absolute atomic E-state index is 0.260. The zero-order valence-electron chi connectivity index (χ0n) is 10.2. The van der Waals surface area contributed by atoms with Crippen LogP contribution >= 0.6 is 23.2 Å². The summed E-state index contributed by atoms with van der Waals surface area (Å²) in [6, 6.07) is 5.23. The molecule has 0 aliphatic rings. The summed E-state index contributed by atoms with van der Waals surface area (Å²) in [5.74, 6) is -0.621. The van der Waals surface area contributed by atoms with Crippen molar-refractivity contribution in [3.63, 3.8) is 0 Å². The van der Waals surface area contributed by atoms with Crippen LogP contribution in [0, 0.1) is 5.92 Å². The van der Waals surface area contributed by atoms with Crippen LogP contribution in [0.1, 0.15) is 31.7 Å². The minimum atomic E-state index is -0.362. The van der Waals surface area contributed by atoms with Crippen LogP contribution in [0.2, 0.25) is 10.0 Å². The van der Waals surface area contributed by atoms with E-state index in [1.807, 2.05) is 0 Å². The third kappa shape index (κ3) is 4.84. The number of carbonyl (C=O) groups excluding carboxylic acids is 1. The Balaban J connectivity index is 2.78. The molecule has 0 heterocycles. The average molecular weight is 290 g/mol. The molecular formula is C13H17Cl2NO2. The lowest BCUT2D eigenvalue weighted by molar-refractivity contribution is -0.133. The van der Waals surface area contributed by atoms with Gasteiger partial charge in [-0.3, -0.25) is 10.0 Å². The van der Waals surface area contributed by atoms with Crippen LogP contribution < -0.4 is 5.48 Å². The summed E-state index contributed by atoms with van der Waals surface area (Å²) >= 11 is 11.8. The lowest BCUT2D eigenvalue weighted by Crippen LogP contribution is -2.29. The summed E-state index contributed by atoms with van der Waals surface area (Å²) in [6.45, 7) is 2.06. The highest BCUT2D eigenvalue weighted by atomic mass is 35.5. The van der Waals surface area contributed by atoms with E-state index in [-0.39, 0.29) is 11.8 Å². The van der Waals surface area contributed by atoms with E-state index in [1.54, 1.807) is 23.7 Å². The third-order valence-electron chi connectivity index (χ3n) is 2.79. The Morgan fingerprint density at radius 1 is 1.33 bits per heavy atom. The maximum absolute atomic E-state index is 11.6. The molecule has 1 atom stereocenters. The van der Waals surface area contributed by atoms with Crippen LogP contribution in [-0.4, -0.2) is 11.1 Å². The normalized spacial score (nSPS) is 12.2. The second kappa shape index (κ2) is 7.62. The first-order valence-electron chi connectivity index (χ1n) is 5.95. The van der Waals surface area contributed by atoms with Gasteiger partial charge in [-0.25, -0.2) is 5.48 Å². The Morgan fingerprint density at radius 3 is 2.44 bits per heavy atom. The van der Waals surface area contributed by atoms with Crippen molar-refractivity contribution in [1.82, 2.24) is 5.48 Å². The van der Waals surface area contributed by atoms with Crippen molar-refractivity contribution < 1.29 is 10.0 Å². The SMILES string of the molecule is CCCCC(Cc1cc(Cl)cc(Cl)c1)C(=O)NO. The van der Waals surface area contributed by atoms with E-state index >= 15 is 0 Å². The molecule has 0 aromatic heterocycles. The molecule has 1 aromatic carbocycles. The molecule has 100 valence electrons. The van der Waals surface area contributed by atoms with Crippen LogP contribution in [0.3, 0.4) is 0 Å². The Morgan fingerprint density at radius 2 is 1.94 bits per heavy atom. The van der Waals surface area contributed by atoms with Crippen LogP contribution in [0.5, 0.6) is 0 Å². The topological polar surface area (TPSA) is 49.3 Å². The Labute approximate surface area is 117 Å². The lowest BCUT2D eigenvalue weighted by Gasteiger charge is -2.14. The molecule has 1 amide bonds. The van der Waals surface area contributed by atoms with E-state index in [9.17, 15) is 4.79 Å². The molecular weight excluding hydrogens is 273 g/mol. The highest BCUT2D eigenvalue weighted by molar-refractivity contribution is 6.34. The molecule has 2 N–H and O–H groups in total. The smallest absolute Gasteiger partial charge is 0.246 e. The van der Waals surface area contributed by atoms with Crippen molar-refractivity contribution in [3.8, 4) is 0 Å². The van der Waals surface area contributed by atoms with E-state index < -0.39 is 0 Å². The maximum Gasteiger partial charge on any atom is 0.246 e. The number of carbonyl (C=O) groups is 1. The number of nitrogens with one attached hydrogen (secondary N) is 1. The highest BCUT2D eigenvalue weighted by Gasteiger charge is 2.18. The number of rotatable bonds is 6. The van der Waals surface area contributed by atoms with Gasteiger partial charge in [0.05, 0.1) is 0 Å². The standard InChI is InChI=1S/C13H17Cl2NO2/c1-2-3-4-10(13(17)16-18)5-9-6-11(14)8-12(15)7-9/h6-8,10,18H,2-5H2,1H3,(H,16,17). The maximum atomic E-state index is 11.6. The second-order valence-electron chi connectivity index (χ2n) is 4.30. The predicted molar refractivity (Wildman–Crippen MR) is 73.1 cm³/mol. The zero-order valence-corrected chi connectivity index (χ0v) is 11.8. The first-order chi connectivity index (χ1) is 8.56. The van der Waals surface area contributed by atoms with Crippen molar-refractivity contribution in [3.05, 3.63) is 33.8 Å².